The van der Waals surface area contributed by atoms with Gasteiger partial charge in [-0.15, -0.1) is 0 Å². The smallest absolute Gasteiger partial charge is 0.243 e. The Morgan fingerprint density at radius 1 is 1.06 bits per heavy atom. The van der Waals surface area contributed by atoms with Crippen LogP contribution in [0.25, 0.3) is 0 Å². The normalized spacial score (nSPS) is 17.5. The number of halogens is 1. The van der Waals surface area contributed by atoms with Crippen molar-refractivity contribution in [2.24, 2.45) is 5.92 Å². The molecule has 2 heterocycles. The van der Waals surface area contributed by atoms with E-state index in [1.165, 1.54) is 11.2 Å². The number of carbonyl (C=O) groups is 2. The van der Waals surface area contributed by atoms with Gasteiger partial charge in [-0.25, -0.2) is 8.42 Å². The molecular formula is C24H28ClN3O4S. The van der Waals surface area contributed by atoms with Crippen LogP contribution in [0.2, 0.25) is 5.02 Å². The van der Waals surface area contributed by atoms with Crippen molar-refractivity contribution in [2.75, 3.05) is 29.9 Å². The average Bonchev–Trinajstić information content (AvgIpc) is 2.80. The van der Waals surface area contributed by atoms with E-state index in [-0.39, 0.29) is 35.7 Å². The van der Waals surface area contributed by atoms with Gasteiger partial charge in [-0.2, -0.15) is 4.31 Å². The molecule has 0 bridgehead atoms. The van der Waals surface area contributed by atoms with Crippen molar-refractivity contribution in [3.8, 4) is 0 Å². The Balaban J connectivity index is 1.42. The summed E-state index contributed by atoms with van der Waals surface area (Å²) in [5.41, 5.74) is 3.24. The number of anilines is 2. The molecule has 2 aliphatic rings. The van der Waals surface area contributed by atoms with Crippen LogP contribution in [0.15, 0.2) is 41.3 Å². The molecule has 0 saturated carbocycles. The van der Waals surface area contributed by atoms with E-state index in [0.717, 1.165) is 29.7 Å². The molecule has 176 valence electrons. The molecule has 2 amide bonds. The molecule has 0 atom stereocenters. The van der Waals surface area contributed by atoms with Crippen molar-refractivity contribution in [1.82, 2.24) is 4.31 Å². The maximum Gasteiger partial charge on any atom is 0.243 e. The number of piperidine rings is 1. The fourth-order valence-electron chi connectivity index (χ4n) is 4.48. The number of sulfonamides is 1. The van der Waals surface area contributed by atoms with Crippen LogP contribution in [0.4, 0.5) is 11.4 Å². The highest BCUT2D eigenvalue weighted by atomic mass is 35.5. The van der Waals surface area contributed by atoms with Crippen molar-refractivity contribution >= 4 is 44.8 Å². The third kappa shape index (κ3) is 4.93. The average molecular weight is 490 g/mol. The maximum atomic E-state index is 13.3. The molecule has 0 radical (unpaired) electrons. The summed E-state index contributed by atoms with van der Waals surface area (Å²) in [6.07, 6.45) is 2.46. The largest absolute Gasteiger partial charge is 0.326 e. The zero-order valence-electron chi connectivity index (χ0n) is 18.8. The number of benzene rings is 2. The Bertz CT molecular complexity index is 1190. The summed E-state index contributed by atoms with van der Waals surface area (Å²) < 4.78 is 28.0. The number of hydrogen-bond donors (Lipinski definition) is 1. The van der Waals surface area contributed by atoms with Crippen LogP contribution in [0.5, 0.6) is 0 Å². The van der Waals surface area contributed by atoms with E-state index >= 15 is 0 Å². The van der Waals surface area contributed by atoms with Gasteiger partial charge in [0.1, 0.15) is 0 Å². The van der Waals surface area contributed by atoms with Crippen LogP contribution in [0.3, 0.4) is 0 Å². The van der Waals surface area contributed by atoms with E-state index in [1.807, 2.05) is 19.1 Å². The van der Waals surface area contributed by atoms with Crippen LogP contribution in [0, 0.1) is 12.8 Å². The lowest BCUT2D eigenvalue weighted by Gasteiger charge is -2.32. The van der Waals surface area contributed by atoms with Crippen molar-refractivity contribution in [3.05, 3.63) is 52.5 Å². The molecule has 33 heavy (non-hydrogen) atoms. The number of nitrogens with zero attached hydrogens (tertiary/aromatic N) is 2. The lowest BCUT2D eigenvalue weighted by atomic mass is 9.97. The lowest BCUT2D eigenvalue weighted by Crippen LogP contribution is -2.41. The first-order valence-corrected chi connectivity index (χ1v) is 13.0. The van der Waals surface area contributed by atoms with Crippen molar-refractivity contribution in [2.45, 2.75) is 44.4 Å². The Hall–Kier alpha value is -2.42. The minimum absolute atomic E-state index is 0.0418. The lowest BCUT2D eigenvalue weighted by molar-refractivity contribution is -0.121. The van der Waals surface area contributed by atoms with Crippen molar-refractivity contribution in [3.63, 3.8) is 0 Å². The van der Waals surface area contributed by atoms with Crippen molar-refractivity contribution in [1.29, 1.82) is 0 Å². The van der Waals surface area contributed by atoms with Crippen LogP contribution >= 0.6 is 11.6 Å². The number of hydrogen-bond acceptors (Lipinski definition) is 4. The molecule has 7 nitrogen and oxygen atoms in total. The third-order valence-electron chi connectivity index (χ3n) is 6.45. The summed E-state index contributed by atoms with van der Waals surface area (Å²) >= 11 is 6.13. The standard InChI is InChI=1S/C24H28ClN3O4S/c1-16-5-6-20(15-22(16)25)26-24(30)18-9-12-27(13-10-18)33(31,32)21-7-8-23-19(14-21)4-3-11-28(23)17(2)29/h5-8,14-15,18H,3-4,9-13H2,1-2H3,(H,26,30). The van der Waals surface area contributed by atoms with Gasteiger partial charge in [0, 0.05) is 48.9 Å². The zero-order chi connectivity index (χ0) is 23.8. The monoisotopic (exact) mass is 489 g/mol. The molecule has 2 aromatic carbocycles. The van der Waals surface area contributed by atoms with E-state index in [0.29, 0.717) is 30.1 Å². The second-order valence-corrected chi connectivity index (χ2v) is 11.0. The van der Waals surface area contributed by atoms with E-state index in [4.69, 9.17) is 11.6 Å². The first-order valence-electron chi connectivity index (χ1n) is 11.1. The fraction of sp³-hybridized carbons (Fsp3) is 0.417. The molecule has 0 aliphatic carbocycles. The van der Waals surface area contributed by atoms with Gasteiger partial charge in [0.25, 0.3) is 0 Å². The van der Waals surface area contributed by atoms with E-state index in [1.54, 1.807) is 29.2 Å². The molecular weight excluding hydrogens is 462 g/mol. The number of aryl methyl sites for hydroxylation is 2. The van der Waals surface area contributed by atoms with Crippen molar-refractivity contribution < 1.29 is 18.0 Å². The summed E-state index contributed by atoms with van der Waals surface area (Å²) in [6.45, 7) is 4.63. The topological polar surface area (TPSA) is 86.8 Å². The molecule has 0 spiro atoms. The molecule has 2 aliphatic heterocycles. The van der Waals surface area contributed by atoms with Gasteiger partial charge in [-0.05, 0) is 74.1 Å². The summed E-state index contributed by atoms with van der Waals surface area (Å²) in [6, 6.07) is 10.4. The second kappa shape index (κ2) is 9.44. The van der Waals surface area contributed by atoms with Crippen LogP contribution < -0.4 is 10.2 Å². The van der Waals surface area contributed by atoms with Crippen LogP contribution in [0.1, 0.15) is 37.3 Å². The Kier molecular flexibility index (Phi) is 6.79. The number of nitrogens with one attached hydrogen (secondary N) is 1. The summed E-state index contributed by atoms with van der Waals surface area (Å²) in [5, 5.41) is 3.48. The maximum absolute atomic E-state index is 13.3. The minimum atomic E-state index is -3.67. The van der Waals surface area contributed by atoms with Gasteiger partial charge in [0.05, 0.1) is 4.90 Å². The summed E-state index contributed by atoms with van der Waals surface area (Å²) in [7, 11) is -3.67. The minimum Gasteiger partial charge on any atom is -0.326 e. The SMILES string of the molecule is CC(=O)N1CCCc2cc(S(=O)(=O)N3CCC(C(=O)Nc4ccc(C)c(Cl)c4)CC3)ccc21. The van der Waals surface area contributed by atoms with Gasteiger partial charge in [-0.3, -0.25) is 9.59 Å². The van der Waals surface area contributed by atoms with E-state index in [2.05, 4.69) is 5.32 Å². The molecule has 1 saturated heterocycles. The quantitative estimate of drug-likeness (QED) is 0.703. The van der Waals surface area contributed by atoms with Gasteiger partial charge >= 0.3 is 0 Å². The predicted octanol–water partition coefficient (Wildman–Crippen LogP) is 3.99. The summed E-state index contributed by atoms with van der Waals surface area (Å²) in [4.78, 5) is 26.5. The van der Waals surface area contributed by atoms with Gasteiger partial charge in [0.2, 0.25) is 21.8 Å². The number of amides is 2. The molecule has 0 unspecified atom stereocenters. The van der Waals surface area contributed by atoms with Gasteiger partial charge in [0.15, 0.2) is 0 Å². The third-order valence-corrected chi connectivity index (χ3v) is 8.75. The molecule has 4 rings (SSSR count). The van der Waals surface area contributed by atoms with Gasteiger partial charge < -0.3 is 10.2 Å². The molecule has 1 fully saturated rings. The molecule has 0 aromatic heterocycles. The van der Waals surface area contributed by atoms with E-state index < -0.39 is 10.0 Å². The Morgan fingerprint density at radius 3 is 2.45 bits per heavy atom. The Labute approximate surface area is 199 Å². The van der Waals surface area contributed by atoms with Gasteiger partial charge in [-0.1, -0.05) is 17.7 Å². The number of fused-ring (bicyclic) bond motifs is 1. The second-order valence-electron chi connectivity index (χ2n) is 8.70. The highest BCUT2D eigenvalue weighted by molar-refractivity contribution is 7.89. The molecule has 2 aromatic rings. The highest BCUT2D eigenvalue weighted by Crippen LogP contribution is 2.32. The highest BCUT2D eigenvalue weighted by Gasteiger charge is 2.33. The predicted molar refractivity (Wildman–Crippen MR) is 129 cm³/mol. The zero-order valence-corrected chi connectivity index (χ0v) is 20.4. The van der Waals surface area contributed by atoms with Crippen LogP contribution in [-0.2, 0) is 26.0 Å². The van der Waals surface area contributed by atoms with Crippen LogP contribution in [-0.4, -0.2) is 44.2 Å². The first-order chi connectivity index (χ1) is 15.7. The molecule has 1 N–H and O–H groups in total. The molecule has 9 heteroatoms. The fourth-order valence-corrected chi connectivity index (χ4v) is 6.18. The first kappa shape index (κ1) is 23.7. The number of rotatable bonds is 4. The van der Waals surface area contributed by atoms with E-state index in [9.17, 15) is 18.0 Å². The number of carbonyl (C=O) groups excluding carboxylic acids is 2. The summed E-state index contributed by atoms with van der Waals surface area (Å²) in [5.74, 6) is -0.422. The Morgan fingerprint density at radius 2 is 1.79 bits per heavy atom.